The van der Waals surface area contributed by atoms with E-state index in [1.54, 1.807) is 22.2 Å². The molecule has 0 radical (unpaired) electrons. The van der Waals surface area contributed by atoms with Crippen LogP contribution in [-0.2, 0) is 23.4 Å². The molecule has 5 heteroatoms. The van der Waals surface area contributed by atoms with Gasteiger partial charge in [0.05, 0.1) is 4.91 Å². The molecule has 1 aromatic heterocycles. The molecule has 24 heavy (non-hydrogen) atoms. The van der Waals surface area contributed by atoms with Gasteiger partial charge in [-0.25, -0.2) is 0 Å². The fraction of sp³-hybridized carbons (Fsp3) is 0.632. The van der Waals surface area contributed by atoms with Crippen LogP contribution in [0.15, 0.2) is 4.91 Å². The predicted octanol–water partition coefficient (Wildman–Crippen LogP) is 3.77. The van der Waals surface area contributed by atoms with Gasteiger partial charge in [-0.2, -0.15) is 0 Å². The van der Waals surface area contributed by atoms with Crippen LogP contribution in [0.25, 0.3) is 6.08 Å². The number of amides is 1. The summed E-state index contributed by atoms with van der Waals surface area (Å²) in [6.07, 6.45) is 8.54. The zero-order valence-electron chi connectivity index (χ0n) is 14.5. The lowest BCUT2D eigenvalue weighted by molar-refractivity contribution is -0.128. The monoisotopic (exact) mass is 362 g/mol. The molecule has 1 aromatic rings. The van der Waals surface area contributed by atoms with Gasteiger partial charge in [-0.05, 0) is 55.9 Å². The molecule has 1 saturated heterocycles. The summed E-state index contributed by atoms with van der Waals surface area (Å²) in [6.45, 7) is 7.18. The van der Waals surface area contributed by atoms with Gasteiger partial charge < -0.3 is 4.90 Å². The SMILES string of the molecule is CCCN1CCN(C(=O)C2=Cc3sc4c(c3CS2)CCCC4)CC1. The third-order valence-electron chi connectivity index (χ3n) is 5.36. The first-order valence-corrected chi connectivity index (χ1v) is 11.1. The van der Waals surface area contributed by atoms with Gasteiger partial charge in [-0.1, -0.05) is 6.92 Å². The van der Waals surface area contributed by atoms with Gasteiger partial charge in [0.2, 0.25) is 0 Å². The van der Waals surface area contributed by atoms with Crippen LogP contribution in [0.4, 0.5) is 0 Å². The number of carbonyl (C=O) groups excluding carboxylic acids is 1. The van der Waals surface area contributed by atoms with Crippen molar-refractivity contribution in [2.24, 2.45) is 0 Å². The first-order chi connectivity index (χ1) is 11.8. The van der Waals surface area contributed by atoms with E-state index in [4.69, 9.17) is 0 Å². The lowest BCUT2D eigenvalue weighted by Gasteiger charge is -2.35. The molecule has 3 aliphatic rings. The largest absolute Gasteiger partial charge is 0.336 e. The normalized spacial score (nSPS) is 21.2. The molecule has 1 amide bonds. The maximum atomic E-state index is 12.9. The maximum Gasteiger partial charge on any atom is 0.260 e. The smallest absolute Gasteiger partial charge is 0.260 e. The van der Waals surface area contributed by atoms with Crippen molar-refractivity contribution in [3.63, 3.8) is 0 Å². The molecule has 4 rings (SSSR count). The minimum absolute atomic E-state index is 0.258. The third-order valence-corrected chi connectivity index (χ3v) is 7.67. The summed E-state index contributed by atoms with van der Waals surface area (Å²) in [5.74, 6) is 1.25. The first-order valence-electron chi connectivity index (χ1n) is 9.26. The highest BCUT2D eigenvalue weighted by molar-refractivity contribution is 8.03. The van der Waals surface area contributed by atoms with Crippen LogP contribution >= 0.6 is 23.1 Å². The Morgan fingerprint density at radius 2 is 1.92 bits per heavy atom. The first kappa shape index (κ1) is 16.7. The van der Waals surface area contributed by atoms with Crippen LogP contribution in [0.1, 0.15) is 47.1 Å². The Balaban J connectivity index is 1.47. The summed E-state index contributed by atoms with van der Waals surface area (Å²) >= 11 is 3.70. The molecule has 0 N–H and O–H groups in total. The van der Waals surface area contributed by atoms with Crippen molar-refractivity contribution >= 4 is 35.1 Å². The highest BCUT2D eigenvalue weighted by Crippen LogP contribution is 2.43. The molecular formula is C19H26N2OS2. The van der Waals surface area contributed by atoms with Crippen molar-refractivity contribution in [3.05, 3.63) is 25.8 Å². The number of aryl methyl sites for hydroxylation is 1. The van der Waals surface area contributed by atoms with Gasteiger partial charge in [0.25, 0.3) is 5.91 Å². The van der Waals surface area contributed by atoms with E-state index >= 15 is 0 Å². The second kappa shape index (κ2) is 7.22. The van der Waals surface area contributed by atoms with Crippen molar-refractivity contribution in [1.82, 2.24) is 9.80 Å². The molecule has 3 heterocycles. The van der Waals surface area contributed by atoms with Gasteiger partial charge in [0, 0.05) is 41.7 Å². The Kier molecular flexibility index (Phi) is 5.02. The van der Waals surface area contributed by atoms with Crippen molar-refractivity contribution in [1.29, 1.82) is 0 Å². The number of piperazine rings is 1. The Labute approximate surface area is 153 Å². The van der Waals surface area contributed by atoms with Gasteiger partial charge in [-0.3, -0.25) is 9.69 Å². The van der Waals surface area contributed by atoms with Gasteiger partial charge in [-0.15, -0.1) is 23.1 Å². The van der Waals surface area contributed by atoms with Crippen LogP contribution in [0.3, 0.4) is 0 Å². The molecule has 0 aromatic carbocycles. The van der Waals surface area contributed by atoms with Gasteiger partial charge in [0.15, 0.2) is 0 Å². The standard InChI is InChI=1S/C19H26N2OS2/c1-2-7-20-8-10-21(11-9-20)19(22)18-12-17-15(13-23-18)14-5-3-4-6-16(14)24-17/h12H,2-11,13H2,1H3. The molecule has 3 nitrogen and oxygen atoms in total. The Bertz CT molecular complexity index is 657. The van der Waals surface area contributed by atoms with E-state index in [0.717, 1.165) is 43.4 Å². The lowest BCUT2D eigenvalue weighted by Crippen LogP contribution is -2.49. The van der Waals surface area contributed by atoms with Crippen LogP contribution in [-0.4, -0.2) is 48.4 Å². The average molecular weight is 363 g/mol. The average Bonchev–Trinajstić information content (AvgIpc) is 3.00. The van der Waals surface area contributed by atoms with Gasteiger partial charge in [0.1, 0.15) is 0 Å². The second-order valence-electron chi connectivity index (χ2n) is 6.98. The number of hydrogen-bond donors (Lipinski definition) is 0. The zero-order valence-corrected chi connectivity index (χ0v) is 16.1. The van der Waals surface area contributed by atoms with Crippen LogP contribution in [0.2, 0.25) is 0 Å². The zero-order chi connectivity index (χ0) is 16.5. The van der Waals surface area contributed by atoms with E-state index in [0.29, 0.717) is 0 Å². The Morgan fingerprint density at radius 1 is 1.12 bits per heavy atom. The summed E-state index contributed by atoms with van der Waals surface area (Å²) in [7, 11) is 0. The van der Waals surface area contributed by atoms with Crippen LogP contribution in [0.5, 0.6) is 0 Å². The van der Waals surface area contributed by atoms with E-state index in [1.807, 2.05) is 11.3 Å². The van der Waals surface area contributed by atoms with Crippen molar-refractivity contribution < 1.29 is 4.79 Å². The highest BCUT2D eigenvalue weighted by Gasteiger charge is 2.28. The molecular weight excluding hydrogens is 336 g/mol. The molecule has 0 unspecified atom stereocenters. The molecule has 1 fully saturated rings. The second-order valence-corrected chi connectivity index (χ2v) is 9.14. The van der Waals surface area contributed by atoms with E-state index in [-0.39, 0.29) is 5.91 Å². The molecule has 0 atom stereocenters. The van der Waals surface area contributed by atoms with Crippen molar-refractivity contribution in [2.45, 2.75) is 44.8 Å². The summed E-state index contributed by atoms with van der Waals surface area (Å²) in [6, 6.07) is 0. The Hall–Kier alpha value is -0.780. The number of rotatable bonds is 3. The maximum absolute atomic E-state index is 12.9. The molecule has 0 bridgehead atoms. The van der Waals surface area contributed by atoms with E-state index in [2.05, 4.69) is 22.8 Å². The number of thiophene rings is 1. The lowest BCUT2D eigenvalue weighted by atomic mass is 9.95. The van der Waals surface area contributed by atoms with Crippen molar-refractivity contribution in [3.8, 4) is 0 Å². The highest BCUT2D eigenvalue weighted by atomic mass is 32.2. The van der Waals surface area contributed by atoms with E-state index < -0.39 is 0 Å². The molecule has 130 valence electrons. The minimum atomic E-state index is 0.258. The molecule has 0 saturated carbocycles. The van der Waals surface area contributed by atoms with Crippen LogP contribution in [0, 0.1) is 0 Å². The summed E-state index contributed by atoms with van der Waals surface area (Å²) < 4.78 is 0. The van der Waals surface area contributed by atoms with Crippen LogP contribution < -0.4 is 0 Å². The van der Waals surface area contributed by atoms with Crippen molar-refractivity contribution in [2.75, 3.05) is 32.7 Å². The summed E-state index contributed by atoms with van der Waals surface area (Å²) in [5.41, 5.74) is 3.15. The number of nitrogens with zero attached hydrogens (tertiary/aromatic N) is 2. The van der Waals surface area contributed by atoms with E-state index in [9.17, 15) is 4.79 Å². The number of thioether (sulfide) groups is 1. The number of carbonyl (C=O) groups is 1. The fourth-order valence-corrected chi connectivity index (χ4v) is 6.61. The quantitative estimate of drug-likeness (QED) is 0.818. The third kappa shape index (κ3) is 3.18. The topological polar surface area (TPSA) is 23.6 Å². The summed E-state index contributed by atoms with van der Waals surface area (Å²) in [5, 5.41) is 0. The molecule has 2 aliphatic heterocycles. The predicted molar refractivity (Wildman–Crippen MR) is 104 cm³/mol. The minimum Gasteiger partial charge on any atom is -0.336 e. The fourth-order valence-electron chi connectivity index (χ4n) is 4.01. The van der Waals surface area contributed by atoms with Gasteiger partial charge >= 0.3 is 0 Å². The number of hydrogen-bond acceptors (Lipinski definition) is 4. The molecule has 0 spiro atoms. The summed E-state index contributed by atoms with van der Waals surface area (Å²) in [4.78, 5) is 21.3. The number of fused-ring (bicyclic) bond motifs is 3. The van der Waals surface area contributed by atoms with E-state index in [1.165, 1.54) is 42.5 Å². The molecule has 1 aliphatic carbocycles. The Morgan fingerprint density at radius 3 is 2.71 bits per heavy atom.